The number of carboxylic acids is 1. The smallest absolute Gasteiger partial charge is 0.336 e. The molecule has 0 radical (unpaired) electrons. The summed E-state index contributed by atoms with van der Waals surface area (Å²) in [7, 11) is 0. The van der Waals surface area contributed by atoms with Crippen LogP contribution in [0.25, 0.3) is 11.1 Å². The van der Waals surface area contributed by atoms with Crippen LogP contribution in [-0.4, -0.2) is 16.2 Å². The lowest BCUT2D eigenvalue weighted by Gasteiger charge is -2.13. The van der Waals surface area contributed by atoms with Gasteiger partial charge in [-0.1, -0.05) is 54.6 Å². The normalized spacial score (nSPS) is 10.7. The summed E-state index contributed by atoms with van der Waals surface area (Å²) in [6, 6.07) is 20.6. The van der Waals surface area contributed by atoms with Gasteiger partial charge in [0.2, 0.25) is 0 Å². The van der Waals surface area contributed by atoms with Crippen molar-refractivity contribution >= 4 is 5.97 Å². The molecule has 2 N–H and O–H groups in total. The van der Waals surface area contributed by atoms with E-state index in [9.17, 15) is 15.0 Å². The molecule has 0 unspecified atom stereocenters. The van der Waals surface area contributed by atoms with Gasteiger partial charge in [-0.25, -0.2) is 4.79 Å². The van der Waals surface area contributed by atoms with Crippen LogP contribution < -0.4 is 0 Å². The molecular weight excluding hydrogens is 340 g/mol. The molecule has 0 atom stereocenters. The number of hydrogen-bond donors (Lipinski definition) is 2. The summed E-state index contributed by atoms with van der Waals surface area (Å²) in [5, 5.41) is 18.9. The van der Waals surface area contributed by atoms with Crippen LogP contribution >= 0.6 is 0 Å². The average molecular weight is 362 g/mol. The fourth-order valence-corrected chi connectivity index (χ4v) is 3.10. The third-order valence-corrected chi connectivity index (χ3v) is 4.56. The van der Waals surface area contributed by atoms with Crippen molar-refractivity contribution < 1.29 is 19.7 Å². The van der Waals surface area contributed by atoms with Crippen molar-refractivity contribution in [3.8, 4) is 11.1 Å². The molecule has 0 spiro atoms. The lowest BCUT2D eigenvalue weighted by molar-refractivity contribution is 0.0697. The Bertz CT molecular complexity index is 947. The molecule has 3 rings (SSSR count). The van der Waals surface area contributed by atoms with E-state index in [0.29, 0.717) is 18.8 Å². The molecule has 27 heavy (non-hydrogen) atoms. The molecule has 3 aromatic carbocycles. The van der Waals surface area contributed by atoms with Crippen molar-refractivity contribution in [1.82, 2.24) is 0 Å². The number of rotatable bonds is 7. The standard InChI is InChI=1S/C23H22O4/c1-16-6-2-5-9-20(16)22-12-17(10-11-21(22)23(25)26)14-27-15-19-8-4-3-7-18(19)13-24/h2-12,24H,13-15H2,1H3,(H,25,26). The van der Waals surface area contributed by atoms with E-state index in [1.165, 1.54) is 0 Å². The zero-order valence-electron chi connectivity index (χ0n) is 15.2. The summed E-state index contributed by atoms with van der Waals surface area (Å²) in [5.41, 5.74) is 5.59. The SMILES string of the molecule is Cc1ccccc1-c1cc(COCc2ccccc2CO)ccc1C(=O)O. The number of aryl methyl sites for hydroxylation is 1. The Labute approximate surface area is 158 Å². The summed E-state index contributed by atoms with van der Waals surface area (Å²) in [6.45, 7) is 2.69. The number of carbonyl (C=O) groups is 1. The molecule has 4 nitrogen and oxygen atoms in total. The van der Waals surface area contributed by atoms with E-state index in [4.69, 9.17) is 4.74 Å². The first-order chi connectivity index (χ1) is 13.1. The summed E-state index contributed by atoms with van der Waals surface area (Å²) in [6.07, 6.45) is 0. The molecule has 0 amide bonds. The zero-order valence-corrected chi connectivity index (χ0v) is 15.2. The Morgan fingerprint density at radius 3 is 2.30 bits per heavy atom. The van der Waals surface area contributed by atoms with Gasteiger partial charge in [-0.15, -0.1) is 0 Å². The molecule has 0 bridgehead atoms. The van der Waals surface area contributed by atoms with Gasteiger partial charge in [0.25, 0.3) is 0 Å². The van der Waals surface area contributed by atoms with Crippen LogP contribution in [0.2, 0.25) is 0 Å². The Morgan fingerprint density at radius 1 is 0.889 bits per heavy atom. The first-order valence-electron chi connectivity index (χ1n) is 8.77. The minimum Gasteiger partial charge on any atom is -0.478 e. The Kier molecular flexibility index (Phi) is 6.01. The maximum atomic E-state index is 11.6. The van der Waals surface area contributed by atoms with Crippen molar-refractivity contribution in [3.05, 3.63) is 94.5 Å². The molecule has 138 valence electrons. The molecule has 0 saturated carbocycles. The van der Waals surface area contributed by atoms with E-state index in [0.717, 1.165) is 27.8 Å². The number of benzene rings is 3. The summed E-state index contributed by atoms with van der Waals surface area (Å²) in [5.74, 6) is -0.947. The van der Waals surface area contributed by atoms with Gasteiger partial charge in [0.15, 0.2) is 0 Å². The molecular formula is C23H22O4. The maximum absolute atomic E-state index is 11.6. The number of aliphatic hydroxyl groups is 1. The van der Waals surface area contributed by atoms with Crippen LogP contribution in [0, 0.1) is 6.92 Å². The second-order valence-electron chi connectivity index (χ2n) is 6.42. The first kappa shape index (κ1) is 18.8. The van der Waals surface area contributed by atoms with Crippen LogP contribution in [-0.2, 0) is 24.6 Å². The molecule has 0 aromatic heterocycles. The predicted octanol–water partition coefficient (Wildman–Crippen LogP) is 4.57. The van der Waals surface area contributed by atoms with Crippen molar-refractivity contribution in [3.63, 3.8) is 0 Å². The highest BCUT2D eigenvalue weighted by Gasteiger charge is 2.14. The van der Waals surface area contributed by atoms with Crippen molar-refractivity contribution in [2.45, 2.75) is 26.7 Å². The van der Waals surface area contributed by atoms with Crippen LogP contribution in [0.4, 0.5) is 0 Å². The summed E-state index contributed by atoms with van der Waals surface area (Å²) in [4.78, 5) is 11.6. The lowest BCUT2D eigenvalue weighted by atomic mass is 9.94. The second-order valence-corrected chi connectivity index (χ2v) is 6.42. The lowest BCUT2D eigenvalue weighted by Crippen LogP contribution is -2.03. The van der Waals surface area contributed by atoms with Crippen molar-refractivity contribution in [2.75, 3.05) is 0 Å². The van der Waals surface area contributed by atoms with Crippen LogP contribution in [0.3, 0.4) is 0 Å². The zero-order chi connectivity index (χ0) is 19.2. The number of aromatic carboxylic acids is 1. The Balaban J connectivity index is 1.82. The van der Waals surface area contributed by atoms with Gasteiger partial charge in [0.1, 0.15) is 0 Å². The largest absolute Gasteiger partial charge is 0.478 e. The van der Waals surface area contributed by atoms with Gasteiger partial charge in [-0.2, -0.15) is 0 Å². The average Bonchev–Trinajstić information content (AvgIpc) is 2.68. The highest BCUT2D eigenvalue weighted by Crippen LogP contribution is 2.28. The highest BCUT2D eigenvalue weighted by molar-refractivity contribution is 5.96. The van der Waals surface area contributed by atoms with Gasteiger partial charge in [0, 0.05) is 0 Å². The second kappa shape index (κ2) is 8.62. The van der Waals surface area contributed by atoms with E-state index in [2.05, 4.69) is 0 Å². The van der Waals surface area contributed by atoms with Gasteiger partial charge in [0.05, 0.1) is 25.4 Å². The predicted molar refractivity (Wildman–Crippen MR) is 104 cm³/mol. The van der Waals surface area contributed by atoms with E-state index in [1.54, 1.807) is 12.1 Å². The Hall–Kier alpha value is -2.95. The number of carboxylic acid groups (broad SMARTS) is 1. The van der Waals surface area contributed by atoms with Crippen molar-refractivity contribution in [1.29, 1.82) is 0 Å². The maximum Gasteiger partial charge on any atom is 0.336 e. The minimum absolute atomic E-state index is 0.0235. The summed E-state index contributed by atoms with van der Waals surface area (Å²) >= 11 is 0. The fraction of sp³-hybridized carbons (Fsp3) is 0.174. The van der Waals surface area contributed by atoms with Crippen molar-refractivity contribution in [2.24, 2.45) is 0 Å². The highest BCUT2D eigenvalue weighted by atomic mass is 16.5. The molecule has 3 aromatic rings. The molecule has 0 aliphatic rings. The van der Waals surface area contributed by atoms with Gasteiger partial charge < -0.3 is 14.9 Å². The van der Waals surface area contributed by atoms with E-state index < -0.39 is 5.97 Å². The number of ether oxygens (including phenoxy) is 1. The minimum atomic E-state index is -0.947. The van der Waals surface area contributed by atoms with E-state index in [-0.39, 0.29) is 12.2 Å². The Morgan fingerprint density at radius 2 is 1.59 bits per heavy atom. The molecule has 0 aliphatic carbocycles. The van der Waals surface area contributed by atoms with E-state index in [1.807, 2.05) is 61.5 Å². The monoisotopic (exact) mass is 362 g/mol. The van der Waals surface area contributed by atoms with Gasteiger partial charge in [-0.3, -0.25) is 0 Å². The van der Waals surface area contributed by atoms with Crippen LogP contribution in [0.15, 0.2) is 66.7 Å². The molecule has 0 fully saturated rings. The number of hydrogen-bond acceptors (Lipinski definition) is 3. The summed E-state index contributed by atoms with van der Waals surface area (Å²) < 4.78 is 5.81. The topological polar surface area (TPSA) is 66.8 Å². The van der Waals surface area contributed by atoms with Crippen LogP contribution in [0.1, 0.15) is 32.6 Å². The number of aliphatic hydroxyl groups excluding tert-OH is 1. The van der Waals surface area contributed by atoms with E-state index >= 15 is 0 Å². The van der Waals surface area contributed by atoms with Crippen LogP contribution in [0.5, 0.6) is 0 Å². The third-order valence-electron chi connectivity index (χ3n) is 4.56. The molecule has 4 heteroatoms. The molecule has 0 saturated heterocycles. The first-order valence-corrected chi connectivity index (χ1v) is 8.77. The quantitative estimate of drug-likeness (QED) is 0.646. The third kappa shape index (κ3) is 4.42. The van der Waals surface area contributed by atoms with Gasteiger partial charge in [-0.05, 0) is 52.4 Å². The fourth-order valence-electron chi connectivity index (χ4n) is 3.10. The molecule has 0 aliphatic heterocycles. The molecule has 0 heterocycles. The van der Waals surface area contributed by atoms with Gasteiger partial charge >= 0.3 is 5.97 Å².